The van der Waals surface area contributed by atoms with Crippen LogP contribution in [-0.2, 0) is 33.6 Å². The summed E-state index contributed by atoms with van der Waals surface area (Å²) < 4.78 is 0. The molecular formula is H7MnNiSbSi. The molecule has 0 saturated carbocycles. The number of hydrogen-bond acceptors (Lipinski definition) is 0. The molecule has 0 aliphatic heterocycles. The van der Waals surface area contributed by atoms with Crippen LogP contribution in [0.5, 0.6) is 0 Å². The van der Waals surface area contributed by atoms with Gasteiger partial charge in [0.1, 0.15) is 0 Å². The van der Waals surface area contributed by atoms with Gasteiger partial charge in [0, 0.05) is 33.6 Å². The Kier molecular flexibility index (Phi) is 181. The molecule has 0 nitrogen and oxygen atoms in total. The molecule has 0 rings (SSSR count). The Hall–Kier alpha value is 2.05. The minimum absolute atomic E-state index is 0. The Morgan fingerprint density at radius 1 is 1.00 bits per heavy atom. The minimum atomic E-state index is 0. The van der Waals surface area contributed by atoms with E-state index in [2.05, 4.69) is 0 Å². The largest absolute Gasteiger partial charge is 0.0149 e. The predicted octanol–water partition coefficient (Wildman–Crippen LogP) is -2.64. The van der Waals surface area contributed by atoms with E-state index in [1.807, 2.05) is 0 Å². The number of rotatable bonds is 0. The van der Waals surface area contributed by atoms with Crippen molar-refractivity contribution in [2.45, 2.75) is 0 Å². The topological polar surface area (TPSA) is 0 Å². The van der Waals surface area contributed by atoms with Gasteiger partial charge in [0.2, 0.25) is 0 Å². The van der Waals surface area contributed by atoms with Gasteiger partial charge in [-0.2, -0.15) is 0 Å². The summed E-state index contributed by atoms with van der Waals surface area (Å²) in [4.78, 5) is 0. The summed E-state index contributed by atoms with van der Waals surface area (Å²) in [6.45, 7) is 0. The SMILES string of the molecule is [Mn].[Ni].[SbH3].[SiH4]. The Morgan fingerprint density at radius 2 is 1.00 bits per heavy atom. The molecule has 0 fully saturated rings. The Labute approximate surface area is 68.4 Å². The molecule has 0 atom stereocenters. The van der Waals surface area contributed by atoms with Crippen molar-refractivity contribution in [1.82, 2.24) is 0 Å². The molecule has 1 radical (unpaired) electrons. The first-order chi connectivity index (χ1) is 0. The molecule has 0 aromatic rings. The van der Waals surface area contributed by atoms with E-state index in [1.54, 1.807) is 0 Å². The van der Waals surface area contributed by atoms with Crippen molar-refractivity contribution in [2.75, 3.05) is 0 Å². The molecule has 0 aromatic carbocycles. The number of hydrogen-bond donors (Lipinski definition) is 0. The van der Waals surface area contributed by atoms with Crippen LogP contribution in [0, 0.1) is 0 Å². The van der Waals surface area contributed by atoms with Gasteiger partial charge in [-0.15, -0.1) is 0 Å². The maximum atomic E-state index is 0. The quantitative estimate of drug-likeness (QED) is 0.422. The van der Waals surface area contributed by atoms with Crippen molar-refractivity contribution in [2.24, 2.45) is 0 Å². The average molecular weight is 271 g/mol. The van der Waals surface area contributed by atoms with E-state index >= 15 is 0 Å². The van der Waals surface area contributed by atoms with E-state index in [0.29, 0.717) is 0 Å². The van der Waals surface area contributed by atoms with Crippen LogP contribution in [0.3, 0.4) is 0 Å². The second-order valence-electron chi connectivity index (χ2n) is 0. The third-order valence-corrected chi connectivity index (χ3v) is 0. The van der Waals surface area contributed by atoms with Gasteiger partial charge < -0.3 is 0 Å². The summed E-state index contributed by atoms with van der Waals surface area (Å²) in [6.07, 6.45) is 0. The van der Waals surface area contributed by atoms with E-state index < -0.39 is 0 Å². The first-order valence-electron chi connectivity index (χ1n) is 0. The standard InChI is InChI=1S/Mn.Ni.Sb.H4Si.3H/h;;;1H4;;;. The van der Waals surface area contributed by atoms with Crippen LogP contribution in [0.4, 0.5) is 0 Å². The van der Waals surface area contributed by atoms with Gasteiger partial charge >= 0.3 is 24.4 Å². The summed E-state index contributed by atoms with van der Waals surface area (Å²) in [5.74, 6) is 0. The smallest absolute Gasteiger partial charge is 0.0149 e. The van der Waals surface area contributed by atoms with Crippen molar-refractivity contribution in [1.29, 1.82) is 0 Å². The minimum Gasteiger partial charge on any atom is -0.0149 e. The third-order valence-electron chi connectivity index (χ3n) is 0. The first kappa shape index (κ1) is 36.7. The van der Waals surface area contributed by atoms with E-state index in [4.69, 9.17) is 0 Å². The van der Waals surface area contributed by atoms with Crippen LogP contribution in [0.1, 0.15) is 0 Å². The Bertz CT molecular complexity index is 8.00. The van der Waals surface area contributed by atoms with E-state index in [1.165, 1.54) is 0 Å². The predicted molar refractivity (Wildman–Crippen MR) is 21.3 cm³/mol. The van der Waals surface area contributed by atoms with Gasteiger partial charge in [-0.1, -0.05) is 0 Å². The zero-order chi connectivity index (χ0) is 0. The molecule has 0 saturated heterocycles. The summed E-state index contributed by atoms with van der Waals surface area (Å²) in [5, 5.41) is 0. The molecular weight excluding hydrogens is 263 g/mol. The maximum absolute atomic E-state index is 0. The van der Waals surface area contributed by atoms with Gasteiger partial charge in [-0.25, -0.2) is 0 Å². The van der Waals surface area contributed by atoms with Crippen LogP contribution in [0.2, 0.25) is 0 Å². The van der Waals surface area contributed by atoms with Crippen LogP contribution in [0.25, 0.3) is 0 Å². The van der Waals surface area contributed by atoms with Crippen molar-refractivity contribution in [3.05, 3.63) is 0 Å². The molecule has 33 valence electrons. The van der Waals surface area contributed by atoms with Crippen LogP contribution in [-0.4, -0.2) is 35.4 Å². The summed E-state index contributed by atoms with van der Waals surface area (Å²) in [6, 6.07) is 0. The fourth-order valence-electron chi connectivity index (χ4n) is 0. The van der Waals surface area contributed by atoms with Crippen LogP contribution >= 0.6 is 0 Å². The van der Waals surface area contributed by atoms with Crippen LogP contribution < -0.4 is 0 Å². The van der Waals surface area contributed by atoms with Crippen molar-refractivity contribution in [3.63, 3.8) is 0 Å². The van der Waals surface area contributed by atoms with Crippen molar-refractivity contribution >= 4 is 35.4 Å². The Morgan fingerprint density at radius 3 is 1.00 bits per heavy atom. The van der Waals surface area contributed by atoms with Gasteiger partial charge in [-0.3, -0.25) is 0 Å². The van der Waals surface area contributed by atoms with Crippen molar-refractivity contribution in [3.8, 4) is 0 Å². The molecule has 0 unspecified atom stereocenters. The molecule has 0 bridgehead atoms. The molecule has 0 heterocycles. The fraction of sp³-hybridized carbons (Fsp3) is 0. The maximum Gasteiger partial charge on any atom is -0.0149 e. The second-order valence-corrected chi connectivity index (χ2v) is 0. The molecule has 0 aromatic heterocycles. The van der Waals surface area contributed by atoms with Gasteiger partial charge in [-0.05, 0) is 11.0 Å². The molecule has 0 aliphatic rings. The molecule has 0 N–H and O–H groups in total. The molecule has 4 heavy (non-hydrogen) atoms. The molecule has 4 heteroatoms. The molecule has 0 aliphatic carbocycles. The third kappa shape index (κ3) is 8.97. The fourth-order valence-corrected chi connectivity index (χ4v) is 0. The molecule has 0 spiro atoms. The zero-order valence-corrected chi connectivity index (χ0v) is 7.61. The monoisotopic (exact) mass is 269 g/mol. The summed E-state index contributed by atoms with van der Waals surface area (Å²) in [7, 11) is 0. The van der Waals surface area contributed by atoms with E-state index in [0.717, 1.165) is 0 Å². The first-order valence-corrected chi connectivity index (χ1v) is 0. The van der Waals surface area contributed by atoms with Crippen molar-refractivity contribution < 1.29 is 33.6 Å². The molecule has 0 amide bonds. The van der Waals surface area contributed by atoms with E-state index in [-0.39, 0.29) is 69.0 Å². The summed E-state index contributed by atoms with van der Waals surface area (Å²) in [5.41, 5.74) is 0. The van der Waals surface area contributed by atoms with Gasteiger partial charge in [0.05, 0.1) is 0 Å². The summed E-state index contributed by atoms with van der Waals surface area (Å²) >= 11 is 0. The van der Waals surface area contributed by atoms with Crippen LogP contribution in [0.15, 0.2) is 0 Å². The second kappa shape index (κ2) is 19.7. The average Bonchev–Trinajstić information content (AvgIpc) is 0. The van der Waals surface area contributed by atoms with E-state index in [9.17, 15) is 0 Å². The van der Waals surface area contributed by atoms with Gasteiger partial charge in [0.25, 0.3) is 0 Å². The van der Waals surface area contributed by atoms with Gasteiger partial charge in [0.15, 0.2) is 0 Å². The Balaban J connectivity index is 0. The zero-order valence-electron chi connectivity index (χ0n) is 1.40. The normalized spacial score (nSPS) is 0.